The van der Waals surface area contributed by atoms with Crippen molar-refractivity contribution >= 4 is 11.9 Å². The van der Waals surface area contributed by atoms with Gasteiger partial charge in [0.2, 0.25) is 5.91 Å². The molecule has 0 saturated carbocycles. The molecule has 1 aliphatic rings. The third-order valence-corrected chi connectivity index (χ3v) is 3.58. The first-order chi connectivity index (χ1) is 8.95. The Bertz CT molecular complexity index is 310. The Morgan fingerprint density at radius 1 is 1.26 bits per heavy atom. The van der Waals surface area contributed by atoms with Gasteiger partial charge < -0.3 is 10.1 Å². The van der Waals surface area contributed by atoms with Crippen LogP contribution >= 0.6 is 0 Å². The largest absolute Gasteiger partial charge is 0.465 e. The third kappa shape index (κ3) is 4.82. The van der Waals surface area contributed by atoms with Gasteiger partial charge in [0.05, 0.1) is 6.61 Å². The van der Waals surface area contributed by atoms with E-state index in [9.17, 15) is 9.59 Å². The van der Waals surface area contributed by atoms with E-state index in [0.29, 0.717) is 6.61 Å². The first-order valence-electron chi connectivity index (χ1n) is 7.16. The van der Waals surface area contributed by atoms with Crippen LogP contribution in [0.25, 0.3) is 0 Å². The molecule has 5 nitrogen and oxygen atoms in total. The highest BCUT2D eigenvalue weighted by Crippen LogP contribution is 2.14. The second-order valence-corrected chi connectivity index (χ2v) is 5.40. The Morgan fingerprint density at radius 3 is 2.32 bits per heavy atom. The molecular formula is C14H26N2O3. The smallest absolute Gasteiger partial charge is 0.323 e. The summed E-state index contributed by atoms with van der Waals surface area (Å²) in [7, 11) is 0. The minimum absolute atomic E-state index is 0.0245. The number of nitrogens with one attached hydrogen (secondary N) is 1. The molecule has 1 fully saturated rings. The van der Waals surface area contributed by atoms with Crippen molar-refractivity contribution in [2.24, 2.45) is 5.92 Å². The van der Waals surface area contributed by atoms with Gasteiger partial charge in [-0.1, -0.05) is 13.8 Å². The summed E-state index contributed by atoms with van der Waals surface area (Å²) in [6.07, 6.45) is 1.78. The Morgan fingerprint density at radius 2 is 1.84 bits per heavy atom. The van der Waals surface area contributed by atoms with Gasteiger partial charge >= 0.3 is 5.97 Å². The molecule has 1 heterocycles. The Balaban J connectivity index is 2.36. The first-order valence-corrected chi connectivity index (χ1v) is 7.16. The van der Waals surface area contributed by atoms with E-state index in [0.717, 1.165) is 25.9 Å². The van der Waals surface area contributed by atoms with Gasteiger partial charge in [-0.05, 0) is 26.7 Å². The number of amides is 1. The number of esters is 1. The summed E-state index contributed by atoms with van der Waals surface area (Å²) < 4.78 is 5.03. The van der Waals surface area contributed by atoms with Gasteiger partial charge in [0.15, 0.2) is 0 Å². The summed E-state index contributed by atoms with van der Waals surface area (Å²) in [5.74, 6) is -0.0273. The number of piperidine rings is 1. The van der Waals surface area contributed by atoms with Crippen molar-refractivity contribution in [1.29, 1.82) is 0 Å². The standard InChI is InChI=1S/C14H26N2O3/c1-5-19-14(18)11(4)16-8-6-12(7-9-16)15-13(17)10(2)3/h10-12H,5-9H2,1-4H3,(H,15,17). The molecule has 1 saturated heterocycles. The summed E-state index contributed by atoms with van der Waals surface area (Å²) in [6.45, 7) is 9.56. The number of carbonyl (C=O) groups excluding carboxylic acids is 2. The molecular weight excluding hydrogens is 244 g/mol. The van der Waals surface area contributed by atoms with Gasteiger partial charge in [-0.25, -0.2) is 0 Å². The monoisotopic (exact) mass is 270 g/mol. The second kappa shape index (κ2) is 7.48. The minimum atomic E-state index is -0.193. The molecule has 0 bridgehead atoms. The van der Waals surface area contributed by atoms with Crippen LogP contribution in [0.5, 0.6) is 0 Å². The Hall–Kier alpha value is -1.10. The van der Waals surface area contributed by atoms with Gasteiger partial charge in [0, 0.05) is 25.0 Å². The summed E-state index contributed by atoms with van der Waals surface area (Å²) in [6, 6.07) is 0.0437. The van der Waals surface area contributed by atoms with Crippen molar-refractivity contribution in [1.82, 2.24) is 10.2 Å². The van der Waals surface area contributed by atoms with Crippen molar-refractivity contribution in [3.8, 4) is 0 Å². The fourth-order valence-corrected chi connectivity index (χ4v) is 2.21. The second-order valence-electron chi connectivity index (χ2n) is 5.40. The van der Waals surface area contributed by atoms with Crippen LogP contribution in [0.2, 0.25) is 0 Å². The van der Waals surface area contributed by atoms with E-state index in [4.69, 9.17) is 4.74 Å². The molecule has 1 rings (SSSR count). The number of rotatable bonds is 5. The highest BCUT2D eigenvalue weighted by atomic mass is 16.5. The first kappa shape index (κ1) is 16.0. The maximum Gasteiger partial charge on any atom is 0.323 e. The fourth-order valence-electron chi connectivity index (χ4n) is 2.21. The van der Waals surface area contributed by atoms with Crippen molar-refractivity contribution in [2.75, 3.05) is 19.7 Å². The average Bonchev–Trinajstić information content (AvgIpc) is 2.39. The molecule has 110 valence electrons. The van der Waals surface area contributed by atoms with Crippen molar-refractivity contribution in [2.45, 2.75) is 52.6 Å². The summed E-state index contributed by atoms with van der Waals surface area (Å²) in [4.78, 5) is 25.4. The lowest BCUT2D eigenvalue weighted by atomic mass is 10.0. The molecule has 0 radical (unpaired) electrons. The minimum Gasteiger partial charge on any atom is -0.465 e. The SMILES string of the molecule is CCOC(=O)C(C)N1CCC(NC(=O)C(C)C)CC1. The van der Waals surface area contributed by atoms with E-state index < -0.39 is 0 Å². The van der Waals surface area contributed by atoms with Crippen LogP contribution in [0.3, 0.4) is 0 Å². The van der Waals surface area contributed by atoms with Gasteiger partial charge in [-0.2, -0.15) is 0 Å². The van der Waals surface area contributed by atoms with E-state index in [1.54, 1.807) is 0 Å². The Labute approximate surface area is 115 Å². The van der Waals surface area contributed by atoms with E-state index in [1.165, 1.54) is 0 Å². The molecule has 19 heavy (non-hydrogen) atoms. The van der Waals surface area contributed by atoms with Crippen molar-refractivity contribution in [3.05, 3.63) is 0 Å². The van der Waals surface area contributed by atoms with E-state index in [1.807, 2.05) is 27.7 Å². The van der Waals surface area contributed by atoms with E-state index >= 15 is 0 Å². The summed E-state index contributed by atoms with van der Waals surface area (Å²) >= 11 is 0. The van der Waals surface area contributed by atoms with Crippen LogP contribution < -0.4 is 5.32 Å². The van der Waals surface area contributed by atoms with E-state index in [2.05, 4.69) is 10.2 Å². The zero-order valence-electron chi connectivity index (χ0n) is 12.4. The number of nitrogens with zero attached hydrogens (tertiary/aromatic N) is 1. The zero-order chi connectivity index (χ0) is 14.4. The lowest BCUT2D eigenvalue weighted by Gasteiger charge is -2.35. The number of hydrogen-bond donors (Lipinski definition) is 1. The molecule has 1 atom stereocenters. The lowest BCUT2D eigenvalue weighted by Crippen LogP contribution is -2.50. The predicted octanol–water partition coefficient (Wildman–Crippen LogP) is 1.17. The highest BCUT2D eigenvalue weighted by molar-refractivity contribution is 5.78. The maximum atomic E-state index is 11.7. The number of hydrogen-bond acceptors (Lipinski definition) is 4. The molecule has 5 heteroatoms. The number of likely N-dealkylation sites (tertiary alicyclic amines) is 1. The highest BCUT2D eigenvalue weighted by Gasteiger charge is 2.28. The molecule has 1 N–H and O–H groups in total. The van der Waals surface area contributed by atoms with Crippen LogP contribution in [0.15, 0.2) is 0 Å². The van der Waals surface area contributed by atoms with Gasteiger partial charge in [-0.15, -0.1) is 0 Å². The third-order valence-electron chi connectivity index (χ3n) is 3.58. The molecule has 0 aliphatic carbocycles. The number of carbonyl (C=O) groups is 2. The van der Waals surface area contributed by atoms with Crippen LogP contribution in [0.1, 0.15) is 40.5 Å². The average molecular weight is 270 g/mol. The normalized spacial score (nSPS) is 19.2. The maximum absolute atomic E-state index is 11.7. The quantitative estimate of drug-likeness (QED) is 0.762. The van der Waals surface area contributed by atoms with Gasteiger partial charge in [0.1, 0.15) is 6.04 Å². The predicted molar refractivity (Wildman–Crippen MR) is 73.7 cm³/mol. The van der Waals surface area contributed by atoms with Crippen LogP contribution in [-0.2, 0) is 14.3 Å². The summed E-state index contributed by atoms with van der Waals surface area (Å²) in [5, 5.41) is 3.05. The Kier molecular flexibility index (Phi) is 6.28. The zero-order valence-corrected chi connectivity index (χ0v) is 12.4. The molecule has 0 aromatic heterocycles. The van der Waals surface area contributed by atoms with Gasteiger partial charge in [-0.3, -0.25) is 14.5 Å². The van der Waals surface area contributed by atoms with Gasteiger partial charge in [0.25, 0.3) is 0 Å². The molecule has 0 aromatic rings. The van der Waals surface area contributed by atoms with Crippen molar-refractivity contribution in [3.63, 3.8) is 0 Å². The molecule has 0 spiro atoms. The fraction of sp³-hybridized carbons (Fsp3) is 0.857. The van der Waals surface area contributed by atoms with E-state index in [-0.39, 0.29) is 29.9 Å². The molecule has 1 amide bonds. The van der Waals surface area contributed by atoms with Crippen LogP contribution in [0, 0.1) is 5.92 Å². The lowest BCUT2D eigenvalue weighted by molar-refractivity contribution is -0.149. The van der Waals surface area contributed by atoms with Crippen LogP contribution in [-0.4, -0.2) is 48.6 Å². The number of ether oxygens (including phenoxy) is 1. The topological polar surface area (TPSA) is 58.6 Å². The molecule has 1 aliphatic heterocycles. The van der Waals surface area contributed by atoms with Crippen molar-refractivity contribution < 1.29 is 14.3 Å². The molecule has 1 unspecified atom stereocenters. The summed E-state index contributed by atoms with van der Waals surface area (Å²) in [5.41, 5.74) is 0. The van der Waals surface area contributed by atoms with Crippen LogP contribution in [0.4, 0.5) is 0 Å². The molecule has 0 aromatic carbocycles.